The Balaban J connectivity index is 2.19. The fraction of sp³-hybridized carbons (Fsp3) is 0.500. The van der Waals surface area contributed by atoms with E-state index in [4.69, 9.17) is 0 Å². The van der Waals surface area contributed by atoms with Gasteiger partial charge in [0.15, 0.2) is 0 Å². The molecule has 0 aliphatic carbocycles. The van der Waals surface area contributed by atoms with Crippen LogP contribution in [0.15, 0.2) is 36.7 Å². The molecule has 2 aromatic rings. The highest BCUT2D eigenvalue weighted by atomic mass is 28.4. The summed E-state index contributed by atoms with van der Waals surface area (Å²) in [5, 5.41) is 13.2. The SMILES string of the molecule is CC(C)(C)[Si]([18F])(c1cccc(C(=O)NCCn2ccnc2[N+](=O)[O-])c1)C(C)(C)C. The Hall–Kier alpha value is -2.55. The number of hydrogen-bond acceptors (Lipinski definition) is 4. The number of halogens is 1. The molecule has 1 aromatic heterocycles. The number of hydrogen-bond donors (Lipinski definition) is 1. The fourth-order valence-corrected chi connectivity index (χ4v) is 8.57. The summed E-state index contributed by atoms with van der Waals surface area (Å²) in [6.45, 7) is 11.9. The van der Waals surface area contributed by atoms with Crippen molar-refractivity contribution >= 4 is 25.4 Å². The molecule has 7 nitrogen and oxygen atoms in total. The maximum Gasteiger partial charge on any atom is 0.434 e. The van der Waals surface area contributed by atoms with Crippen molar-refractivity contribution in [2.24, 2.45) is 0 Å². The molecule has 0 unspecified atom stereocenters. The van der Waals surface area contributed by atoms with E-state index >= 15 is 4.11 Å². The second kappa shape index (κ2) is 8.06. The van der Waals surface area contributed by atoms with Crippen molar-refractivity contribution in [2.45, 2.75) is 58.2 Å². The summed E-state index contributed by atoms with van der Waals surface area (Å²) in [4.78, 5) is 26.6. The fourth-order valence-electron chi connectivity index (χ4n) is 3.91. The van der Waals surface area contributed by atoms with Crippen LogP contribution < -0.4 is 10.5 Å². The lowest BCUT2D eigenvalue weighted by atomic mass is 10.2. The number of nitro groups is 1. The van der Waals surface area contributed by atoms with E-state index in [0.717, 1.165) is 0 Å². The maximum absolute atomic E-state index is 16.5. The molecule has 29 heavy (non-hydrogen) atoms. The Morgan fingerprint density at radius 2 is 1.86 bits per heavy atom. The first-order valence-corrected chi connectivity index (χ1v) is 11.4. The number of benzene rings is 1. The summed E-state index contributed by atoms with van der Waals surface area (Å²) in [5.74, 6) is -0.612. The second-order valence-electron chi connectivity index (χ2n) is 9.17. The molecule has 9 heteroatoms. The van der Waals surface area contributed by atoms with Crippen LogP contribution in [0.5, 0.6) is 0 Å². The minimum atomic E-state index is -3.47. The van der Waals surface area contributed by atoms with Gasteiger partial charge in [0, 0.05) is 12.1 Å². The summed E-state index contributed by atoms with van der Waals surface area (Å²) in [6.07, 6.45) is 2.83. The molecule has 1 heterocycles. The average molecular weight is 420 g/mol. The van der Waals surface area contributed by atoms with Crippen molar-refractivity contribution in [2.75, 3.05) is 6.54 Å². The first kappa shape index (κ1) is 22.7. The smallest absolute Gasteiger partial charge is 0.390 e. The van der Waals surface area contributed by atoms with Gasteiger partial charge in [-0.1, -0.05) is 58.7 Å². The summed E-state index contributed by atoms with van der Waals surface area (Å²) >= 11 is 0. The lowest BCUT2D eigenvalue weighted by Crippen LogP contribution is -2.58. The zero-order valence-corrected chi connectivity index (χ0v) is 18.8. The highest BCUT2D eigenvalue weighted by molar-refractivity contribution is 6.90. The van der Waals surface area contributed by atoms with Crippen molar-refractivity contribution in [3.05, 3.63) is 52.3 Å². The molecule has 0 radical (unpaired) electrons. The van der Waals surface area contributed by atoms with Gasteiger partial charge < -0.3 is 19.5 Å². The molecule has 0 fully saturated rings. The minimum Gasteiger partial charge on any atom is -0.390 e. The van der Waals surface area contributed by atoms with Crippen molar-refractivity contribution < 1.29 is 13.8 Å². The number of aromatic nitrogens is 2. The number of carbonyl (C=O) groups is 1. The zero-order chi connectivity index (χ0) is 22.0. The highest BCUT2D eigenvalue weighted by Crippen LogP contribution is 2.51. The van der Waals surface area contributed by atoms with Crippen LogP contribution in [-0.4, -0.2) is 35.3 Å². The van der Waals surface area contributed by atoms with Gasteiger partial charge in [-0.25, -0.2) is 4.57 Å². The lowest BCUT2D eigenvalue weighted by molar-refractivity contribution is -0.396. The van der Waals surface area contributed by atoms with E-state index in [0.29, 0.717) is 10.8 Å². The van der Waals surface area contributed by atoms with E-state index in [1.165, 1.54) is 17.0 Å². The van der Waals surface area contributed by atoms with Gasteiger partial charge in [0.2, 0.25) is 0 Å². The molecular weight excluding hydrogens is 390 g/mol. The first-order valence-electron chi connectivity index (χ1n) is 9.52. The van der Waals surface area contributed by atoms with Gasteiger partial charge in [-0.05, 0) is 32.3 Å². The summed E-state index contributed by atoms with van der Waals surface area (Å²) in [7, 11) is -3.47. The van der Waals surface area contributed by atoms with Gasteiger partial charge in [0.1, 0.15) is 12.4 Å². The maximum atomic E-state index is 16.5. The number of rotatable bonds is 6. The molecule has 0 atom stereocenters. The normalized spacial score (nSPS) is 12.7. The lowest BCUT2D eigenvalue weighted by Gasteiger charge is -2.45. The third-order valence-electron chi connectivity index (χ3n) is 5.08. The van der Waals surface area contributed by atoms with Gasteiger partial charge in [-0.15, -0.1) is 0 Å². The summed E-state index contributed by atoms with van der Waals surface area (Å²) in [6, 6.07) is 6.79. The van der Waals surface area contributed by atoms with Crippen LogP contribution in [0.3, 0.4) is 0 Å². The number of nitrogens with one attached hydrogen (secondary N) is 1. The first-order chi connectivity index (χ1) is 13.3. The molecule has 2 rings (SSSR count). The molecule has 0 saturated heterocycles. The van der Waals surface area contributed by atoms with E-state index < -0.39 is 23.4 Å². The van der Waals surface area contributed by atoms with E-state index in [9.17, 15) is 14.9 Å². The predicted molar refractivity (Wildman–Crippen MR) is 114 cm³/mol. The molecule has 1 amide bonds. The Morgan fingerprint density at radius 1 is 1.24 bits per heavy atom. The molecule has 0 bridgehead atoms. The number of amides is 1. The van der Waals surface area contributed by atoms with Crippen molar-refractivity contribution in [1.29, 1.82) is 0 Å². The Labute approximate surface area is 171 Å². The van der Waals surface area contributed by atoms with Gasteiger partial charge in [0.05, 0.1) is 6.54 Å². The largest absolute Gasteiger partial charge is 0.434 e. The van der Waals surface area contributed by atoms with Crippen LogP contribution in [0.1, 0.15) is 51.9 Å². The molecule has 0 aliphatic heterocycles. The van der Waals surface area contributed by atoms with Crippen LogP contribution in [0.2, 0.25) is 10.1 Å². The molecule has 1 aromatic carbocycles. The number of carbonyl (C=O) groups excluding carboxylic acids is 1. The number of imidazole rings is 1. The van der Waals surface area contributed by atoms with Gasteiger partial charge in [-0.3, -0.25) is 4.79 Å². The number of nitrogens with zero attached hydrogens (tertiary/aromatic N) is 3. The Bertz CT molecular complexity index is 886. The molecule has 1 N–H and O–H groups in total. The summed E-state index contributed by atoms with van der Waals surface area (Å²) < 4.78 is 17.8. The van der Waals surface area contributed by atoms with E-state index in [1.807, 2.05) is 41.5 Å². The van der Waals surface area contributed by atoms with Crippen LogP contribution in [0.25, 0.3) is 0 Å². The third-order valence-corrected chi connectivity index (χ3v) is 10.3. The molecule has 158 valence electrons. The van der Waals surface area contributed by atoms with Crippen molar-refractivity contribution in [1.82, 2.24) is 14.9 Å². The zero-order valence-electron chi connectivity index (χ0n) is 17.8. The van der Waals surface area contributed by atoms with Gasteiger partial charge in [0.25, 0.3) is 14.3 Å². The monoisotopic (exact) mass is 419 g/mol. The molecule has 0 aliphatic rings. The Kier molecular flexibility index (Phi) is 6.32. The third kappa shape index (κ3) is 4.55. The van der Waals surface area contributed by atoms with E-state index in [1.54, 1.807) is 24.3 Å². The van der Waals surface area contributed by atoms with E-state index in [-0.39, 0.29) is 24.9 Å². The van der Waals surface area contributed by atoms with Gasteiger partial charge >= 0.3 is 5.95 Å². The van der Waals surface area contributed by atoms with Crippen LogP contribution in [0.4, 0.5) is 10.1 Å². The standard InChI is InChI=1S/C20H29FN4O3Si/c1-19(2,3)29(21,20(4,5)6)16-9-7-8-15(14-16)17(26)22-10-12-24-13-11-23-18(24)25(27)28/h7-9,11,13-14H,10,12H2,1-6H3,(H,22,26)/i21-1. The highest BCUT2D eigenvalue weighted by Gasteiger charge is 2.56. The second-order valence-corrected chi connectivity index (χ2v) is 14.1. The van der Waals surface area contributed by atoms with Crippen LogP contribution in [0, 0.1) is 10.1 Å². The van der Waals surface area contributed by atoms with Crippen molar-refractivity contribution in [3.8, 4) is 0 Å². The Morgan fingerprint density at radius 3 is 2.41 bits per heavy atom. The van der Waals surface area contributed by atoms with Crippen LogP contribution in [-0.2, 0) is 6.54 Å². The summed E-state index contributed by atoms with van der Waals surface area (Å²) in [5.41, 5.74) is 0.380. The molecule has 0 saturated carbocycles. The quantitative estimate of drug-likeness (QED) is 0.332. The average Bonchev–Trinajstić information content (AvgIpc) is 3.08. The van der Waals surface area contributed by atoms with Crippen molar-refractivity contribution in [3.63, 3.8) is 0 Å². The minimum absolute atomic E-state index is 0.191. The molecular formula is C20H29FN4O3Si. The predicted octanol–water partition coefficient (Wildman–Crippen LogP) is 3.94. The molecule has 0 spiro atoms. The van der Waals surface area contributed by atoms with Gasteiger partial charge in [-0.2, -0.15) is 0 Å². The van der Waals surface area contributed by atoms with Crippen LogP contribution >= 0.6 is 0 Å². The van der Waals surface area contributed by atoms with E-state index in [2.05, 4.69) is 10.3 Å². The topological polar surface area (TPSA) is 90.1 Å².